The summed E-state index contributed by atoms with van der Waals surface area (Å²) in [6.07, 6.45) is 1.76. The normalized spacial score (nSPS) is 14.2. The van der Waals surface area contributed by atoms with Crippen LogP contribution in [-0.4, -0.2) is 66.4 Å². The molecular weight excluding hydrogens is 498 g/mol. The quantitative estimate of drug-likeness (QED) is 0.502. The molecule has 192 valence electrons. The zero-order valence-corrected chi connectivity index (χ0v) is 22.8. The van der Waals surface area contributed by atoms with E-state index >= 15 is 0 Å². The minimum atomic E-state index is -3.60. The number of amides is 1. The first-order valence-corrected chi connectivity index (χ1v) is 14.1. The Hall–Kier alpha value is -2.86. The second-order valence-corrected chi connectivity index (χ2v) is 12.4. The number of fused-ring (bicyclic) bond motifs is 1. The molecule has 0 radical (unpaired) electrons. The first-order valence-electron chi connectivity index (χ1n) is 11.8. The fourth-order valence-corrected chi connectivity index (χ4v) is 6.56. The average molecular weight is 530 g/mol. The highest BCUT2D eigenvalue weighted by atomic mass is 32.2. The third kappa shape index (κ3) is 5.01. The molecule has 0 fully saturated rings. The number of benzene rings is 1. The van der Waals surface area contributed by atoms with E-state index in [-0.39, 0.29) is 10.8 Å². The molecule has 1 N–H and O–H groups in total. The SMILES string of the molecule is CCCN1CCc2c(sc(NC(=O)c3ccc(S(=O)(=O)N(C)C)cc3)c2C(=O)n2nc(C)cc2C)C1. The Kier molecular flexibility index (Phi) is 7.46. The van der Waals surface area contributed by atoms with E-state index in [1.807, 2.05) is 19.9 Å². The van der Waals surface area contributed by atoms with Crippen molar-refractivity contribution < 1.29 is 18.0 Å². The fraction of sp³-hybridized carbons (Fsp3) is 0.400. The van der Waals surface area contributed by atoms with E-state index in [4.69, 9.17) is 0 Å². The summed E-state index contributed by atoms with van der Waals surface area (Å²) in [5, 5.41) is 7.79. The van der Waals surface area contributed by atoms with Crippen molar-refractivity contribution in [3.05, 3.63) is 63.3 Å². The second-order valence-electron chi connectivity index (χ2n) is 9.14. The van der Waals surface area contributed by atoms with Crippen LogP contribution in [0.1, 0.15) is 55.9 Å². The largest absolute Gasteiger partial charge is 0.313 e. The minimum absolute atomic E-state index is 0.104. The number of aromatic nitrogens is 2. The molecule has 3 aromatic rings. The molecule has 11 heteroatoms. The van der Waals surface area contributed by atoms with Crippen molar-refractivity contribution in [2.24, 2.45) is 0 Å². The lowest BCUT2D eigenvalue weighted by atomic mass is 10.0. The van der Waals surface area contributed by atoms with Crippen LogP contribution in [0, 0.1) is 13.8 Å². The van der Waals surface area contributed by atoms with Gasteiger partial charge in [-0.25, -0.2) is 17.4 Å². The summed E-state index contributed by atoms with van der Waals surface area (Å²) in [5.74, 6) is -0.667. The zero-order chi connectivity index (χ0) is 26.2. The summed E-state index contributed by atoms with van der Waals surface area (Å²) in [6.45, 7) is 8.37. The van der Waals surface area contributed by atoms with Gasteiger partial charge in [0.2, 0.25) is 10.0 Å². The predicted octanol–water partition coefficient (Wildman–Crippen LogP) is 3.52. The summed E-state index contributed by atoms with van der Waals surface area (Å²) >= 11 is 1.42. The lowest BCUT2D eigenvalue weighted by Gasteiger charge is -2.26. The van der Waals surface area contributed by atoms with Crippen molar-refractivity contribution in [2.45, 2.75) is 45.1 Å². The second kappa shape index (κ2) is 10.3. The number of anilines is 1. The predicted molar refractivity (Wildman–Crippen MR) is 140 cm³/mol. The summed E-state index contributed by atoms with van der Waals surface area (Å²) in [5.41, 5.74) is 3.23. The molecule has 0 spiro atoms. The third-order valence-corrected chi connectivity index (χ3v) is 9.18. The molecule has 0 aliphatic carbocycles. The zero-order valence-electron chi connectivity index (χ0n) is 21.2. The number of carbonyl (C=O) groups is 2. The molecule has 0 saturated heterocycles. The first kappa shape index (κ1) is 26.2. The molecule has 0 unspecified atom stereocenters. The van der Waals surface area contributed by atoms with Crippen molar-refractivity contribution >= 4 is 38.2 Å². The molecule has 2 aromatic heterocycles. The standard InChI is InChI=1S/C25H31N5O4S2/c1-6-12-29-13-11-20-21(15-29)35-24(22(20)25(32)30-17(3)14-16(2)27-30)26-23(31)18-7-9-19(10-8-18)36(33,34)28(4)5/h7-10,14H,6,11-13,15H2,1-5H3,(H,26,31). The van der Waals surface area contributed by atoms with Gasteiger partial charge in [-0.3, -0.25) is 14.5 Å². The molecule has 1 aliphatic rings. The number of aryl methyl sites for hydroxylation is 2. The van der Waals surface area contributed by atoms with Crippen LogP contribution in [0.2, 0.25) is 0 Å². The summed E-state index contributed by atoms with van der Waals surface area (Å²) in [7, 11) is -0.685. The molecular formula is C25H31N5O4S2. The van der Waals surface area contributed by atoms with Crippen molar-refractivity contribution in [1.29, 1.82) is 0 Å². The molecule has 4 rings (SSSR count). The van der Waals surface area contributed by atoms with Crippen LogP contribution in [0.15, 0.2) is 35.2 Å². The molecule has 3 heterocycles. The van der Waals surface area contributed by atoms with Crippen molar-refractivity contribution in [1.82, 2.24) is 19.0 Å². The number of nitrogens with zero attached hydrogens (tertiary/aromatic N) is 4. The molecule has 9 nitrogen and oxygen atoms in total. The van der Waals surface area contributed by atoms with Crippen LogP contribution in [0.5, 0.6) is 0 Å². The Labute approximate surface area is 215 Å². The number of hydrogen-bond donors (Lipinski definition) is 1. The number of sulfonamides is 1. The monoisotopic (exact) mass is 529 g/mol. The highest BCUT2D eigenvalue weighted by Crippen LogP contribution is 2.38. The number of rotatable bonds is 7. The van der Waals surface area contributed by atoms with Gasteiger partial charge in [0, 0.05) is 43.3 Å². The number of nitrogens with one attached hydrogen (secondary N) is 1. The molecule has 0 bridgehead atoms. The summed E-state index contributed by atoms with van der Waals surface area (Å²) in [6, 6.07) is 7.62. The molecule has 0 saturated carbocycles. The maximum absolute atomic E-state index is 13.6. The molecule has 1 aromatic carbocycles. The Morgan fingerprint density at radius 3 is 2.44 bits per heavy atom. The average Bonchev–Trinajstić information content (AvgIpc) is 3.36. The van der Waals surface area contributed by atoms with Gasteiger partial charge >= 0.3 is 0 Å². The van der Waals surface area contributed by atoms with E-state index in [9.17, 15) is 18.0 Å². The minimum Gasteiger partial charge on any atom is -0.313 e. The highest BCUT2D eigenvalue weighted by molar-refractivity contribution is 7.89. The van der Waals surface area contributed by atoms with Gasteiger partial charge in [0.05, 0.1) is 16.2 Å². The molecule has 1 aliphatic heterocycles. The number of hydrogen-bond acceptors (Lipinski definition) is 7. The van der Waals surface area contributed by atoms with Crippen LogP contribution in [0.25, 0.3) is 0 Å². The lowest BCUT2D eigenvalue weighted by molar-refractivity contribution is 0.0942. The smallest absolute Gasteiger partial charge is 0.281 e. The van der Waals surface area contributed by atoms with Gasteiger partial charge in [-0.05, 0) is 69.1 Å². The van der Waals surface area contributed by atoms with E-state index in [0.717, 1.165) is 58.6 Å². The van der Waals surface area contributed by atoms with E-state index < -0.39 is 15.9 Å². The fourth-order valence-electron chi connectivity index (χ4n) is 4.38. The van der Waals surface area contributed by atoms with E-state index in [1.165, 1.54) is 54.4 Å². The maximum atomic E-state index is 13.6. The van der Waals surface area contributed by atoms with Gasteiger partial charge in [0.25, 0.3) is 11.8 Å². The Morgan fingerprint density at radius 2 is 1.86 bits per heavy atom. The van der Waals surface area contributed by atoms with Crippen molar-refractivity contribution in [2.75, 3.05) is 32.5 Å². The van der Waals surface area contributed by atoms with Gasteiger partial charge in [0.15, 0.2) is 0 Å². The Morgan fingerprint density at radius 1 is 1.17 bits per heavy atom. The van der Waals surface area contributed by atoms with Gasteiger partial charge in [-0.1, -0.05) is 6.92 Å². The lowest BCUT2D eigenvalue weighted by Crippen LogP contribution is -2.31. The highest BCUT2D eigenvalue weighted by Gasteiger charge is 2.30. The Bertz CT molecular complexity index is 1400. The summed E-state index contributed by atoms with van der Waals surface area (Å²) in [4.78, 5) is 30.3. The van der Waals surface area contributed by atoms with Crippen LogP contribution >= 0.6 is 11.3 Å². The Balaban J connectivity index is 1.68. The van der Waals surface area contributed by atoms with E-state index in [1.54, 1.807) is 0 Å². The van der Waals surface area contributed by atoms with Crippen LogP contribution in [0.3, 0.4) is 0 Å². The van der Waals surface area contributed by atoms with Crippen LogP contribution < -0.4 is 5.32 Å². The first-order chi connectivity index (χ1) is 17.0. The van der Waals surface area contributed by atoms with Gasteiger partial charge in [0.1, 0.15) is 5.00 Å². The number of carbonyl (C=O) groups excluding carboxylic acids is 2. The third-order valence-electron chi connectivity index (χ3n) is 6.21. The van der Waals surface area contributed by atoms with E-state index in [0.29, 0.717) is 16.1 Å². The van der Waals surface area contributed by atoms with Crippen molar-refractivity contribution in [3.8, 4) is 0 Å². The van der Waals surface area contributed by atoms with E-state index in [2.05, 4.69) is 22.2 Å². The molecule has 0 atom stereocenters. The molecule has 1 amide bonds. The van der Waals surface area contributed by atoms with Crippen molar-refractivity contribution in [3.63, 3.8) is 0 Å². The van der Waals surface area contributed by atoms with Crippen LogP contribution in [0.4, 0.5) is 5.00 Å². The molecule has 36 heavy (non-hydrogen) atoms. The topological polar surface area (TPSA) is 105 Å². The van der Waals surface area contributed by atoms with Gasteiger partial charge in [-0.15, -0.1) is 11.3 Å². The summed E-state index contributed by atoms with van der Waals surface area (Å²) < 4.78 is 27.2. The maximum Gasteiger partial charge on any atom is 0.281 e. The van der Waals surface area contributed by atoms with Gasteiger partial charge in [-0.2, -0.15) is 5.10 Å². The number of thiophene rings is 1. The van der Waals surface area contributed by atoms with Gasteiger partial charge < -0.3 is 5.32 Å². The van der Waals surface area contributed by atoms with Crippen LogP contribution in [-0.2, 0) is 23.0 Å².